The van der Waals surface area contributed by atoms with Crippen LogP contribution < -0.4 is 4.74 Å². The first-order chi connectivity index (χ1) is 6.06. The predicted octanol–water partition coefficient (Wildman–Crippen LogP) is 2.60. The molecule has 1 aromatic carbocycles. The van der Waals surface area contributed by atoms with Gasteiger partial charge in [0.15, 0.2) is 0 Å². The first-order valence-electron chi connectivity index (χ1n) is 3.32. The minimum absolute atomic E-state index is 0.335. The van der Waals surface area contributed by atoms with Crippen molar-refractivity contribution in [1.82, 2.24) is 0 Å². The molecule has 0 aliphatic carbocycles. The maximum absolute atomic E-state index is 10.8. The normalized spacial score (nSPS) is 9.77. The zero-order valence-corrected chi connectivity index (χ0v) is 11.0. The van der Waals surface area contributed by atoms with Gasteiger partial charge in [-0.1, -0.05) is 0 Å². The molecule has 0 radical (unpaired) electrons. The highest BCUT2D eigenvalue weighted by Gasteiger charge is 2.13. The first-order valence-corrected chi connectivity index (χ1v) is 5.48. The van der Waals surface area contributed by atoms with Crippen molar-refractivity contribution in [3.05, 3.63) is 24.8 Å². The van der Waals surface area contributed by atoms with Gasteiger partial charge in [-0.05, 0) is 57.3 Å². The average Bonchev–Trinajstić information content (AvgIpc) is 2.02. The third-order valence-electron chi connectivity index (χ3n) is 1.47. The summed E-state index contributed by atoms with van der Waals surface area (Å²) in [5, 5.41) is 8.86. The van der Waals surface area contributed by atoms with Gasteiger partial charge in [-0.3, -0.25) is 0 Å². The Balaban J connectivity index is 3.31. The fourth-order valence-electron chi connectivity index (χ4n) is 0.872. The molecule has 0 spiro atoms. The molecular formula is C8H6I2O3. The van der Waals surface area contributed by atoms with Crippen LogP contribution in [-0.4, -0.2) is 18.2 Å². The molecule has 1 rings (SSSR count). The van der Waals surface area contributed by atoms with Gasteiger partial charge in [0.1, 0.15) is 5.75 Å². The van der Waals surface area contributed by atoms with Gasteiger partial charge in [-0.15, -0.1) is 0 Å². The van der Waals surface area contributed by atoms with Gasteiger partial charge in [-0.2, -0.15) is 0 Å². The lowest BCUT2D eigenvalue weighted by Crippen LogP contribution is -2.03. The van der Waals surface area contributed by atoms with Crippen molar-refractivity contribution in [2.45, 2.75) is 0 Å². The number of hydrogen-bond acceptors (Lipinski definition) is 2. The van der Waals surface area contributed by atoms with Crippen LogP contribution in [0.2, 0.25) is 0 Å². The number of methoxy groups -OCH3 is 1. The molecule has 70 valence electrons. The zero-order valence-electron chi connectivity index (χ0n) is 6.67. The highest BCUT2D eigenvalue weighted by atomic mass is 127. The van der Waals surface area contributed by atoms with Crippen LogP contribution in [0.1, 0.15) is 10.4 Å². The number of aromatic carboxylic acids is 1. The molecule has 0 unspecified atom stereocenters. The van der Waals surface area contributed by atoms with Crippen molar-refractivity contribution in [3.63, 3.8) is 0 Å². The van der Waals surface area contributed by atoms with E-state index in [-0.39, 0.29) is 0 Å². The molecule has 0 atom stereocenters. The minimum atomic E-state index is -0.906. The summed E-state index contributed by atoms with van der Waals surface area (Å²) in [6, 6.07) is 3.40. The fourth-order valence-corrected chi connectivity index (χ4v) is 3.04. The molecule has 0 aliphatic rings. The largest absolute Gasteiger partial charge is 0.497 e. The van der Waals surface area contributed by atoms with E-state index in [4.69, 9.17) is 9.84 Å². The SMILES string of the molecule is COc1cc(I)c(C(=O)O)c(I)c1. The summed E-state index contributed by atoms with van der Waals surface area (Å²) in [5.74, 6) is -0.227. The van der Waals surface area contributed by atoms with Crippen LogP contribution in [0.3, 0.4) is 0 Å². The van der Waals surface area contributed by atoms with E-state index < -0.39 is 5.97 Å². The molecule has 0 aromatic heterocycles. The molecule has 0 amide bonds. The third kappa shape index (κ3) is 2.46. The van der Waals surface area contributed by atoms with Crippen molar-refractivity contribution in [2.24, 2.45) is 0 Å². The summed E-state index contributed by atoms with van der Waals surface area (Å²) < 4.78 is 6.39. The van der Waals surface area contributed by atoms with Gasteiger partial charge >= 0.3 is 5.97 Å². The van der Waals surface area contributed by atoms with E-state index in [0.717, 1.165) is 0 Å². The highest BCUT2D eigenvalue weighted by molar-refractivity contribution is 14.1. The van der Waals surface area contributed by atoms with Crippen LogP contribution in [0.4, 0.5) is 0 Å². The Hall–Kier alpha value is -0.0500. The Morgan fingerprint density at radius 2 is 1.85 bits per heavy atom. The summed E-state index contributed by atoms with van der Waals surface area (Å²) in [7, 11) is 1.56. The number of hydrogen-bond donors (Lipinski definition) is 1. The summed E-state index contributed by atoms with van der Waals surface area (Å²) in [4.78, 5) is 10.8. The lowest BCUT2D eigenvalue weighted by Gasteiger charge is -2.05. The maximum atomic E-state index is 10.8. The van der Waals surface area contributed by atoms with Crippen molar-refractivity contribution in [2.75, 3.05) is 7.11 Å². The number of rotatable bonds is 2. The van der Waals surface area contributed by atoms with Crippen molar-refractivity contribution in [3.8, 4) is 5.75 Å². The number of benzene rings is 1. The van der Waals surface area contributed by atoms with Crippen LogP contribution in [-0.2, 0) is 0 Å². The Kier molecular flexibility index (Phi) is 3.77. The van der Waals surface area contributed by atoms with Gasteiger partial charge in [-0.25, -0.2) is 4.79 Å². The van der Waals surface area contributed by atoms with Crippen molar-refractivity contribution in [1.29, 1.82) is 0 Å². The second-order valence-corrected chi connectivity index (χ2v) is 4.60. The second kappa shape index (κ2) is 4.45. The number of halogens is 2. The van der Waals surface area contributed by atoms with Crippen molar-refractivity contribution >= 4 is 51.2 Å². The van der Waals surface area contributed by atoms with Gasteiger partial charge < -0.3 is 9.84 Å². The van der Waals surface area contributed by atoms with E-state index in [1.54, 1.807) is 19.2 Å². The topological polar surface area (TPSA) is 46.5 Å². The molecule has 0 aliphatic heterocycles. The quantitative estimate of drug-likeness (QED) is 0.772. The molecule has 5 heteroatoms. The first kappa shape index (κ1) is 11.0. The minimum Gasteiger partial charge on any atom is -0.497 e. The molecule has 0 saturated heterocycles. The summed E-state index contributed by atoms with van der Waals surface area (Å²) in [5.41, 5.74) is 0.335. The van der Waals surface area contributed by atoms with Gasteiger partial charge in [0, 0.05) is 7.14 Å². The van der Waals surface area contributed by atoms with Gasteiger partial charge in [0.25, 0.3) is 0 Å². The third-order valence-corrected chi connectivity index (χ3v) is 3.17. The van der Waals surface area contributed by atoms with E-state index in [1.165, 1.54) is 0 Å². The van der Waals surface area contributed by atoms with Crippen LogP contribution in [0.15, 0.2) is 12.1 Å². The molecule has 0 fully saturated rings. The van der Waals surface area contributed by atoms with E-state index in [1.807, 2.05) is 45.2 Å². The van der Waals surface area contributed by atoms with Crippen LogP contribution in [0, 0.1) is 7.14 Å². The number of ether oxygens (including phenoxy) is 1. The Morgan fingerprint density at radius 1 is 1.38 bits per heavy atom. The highest BCUT2D eigenvalue weighted by Crippen LogP contribution is 2.25. The van der Waals surface area contributed by atoms with E-state index in [2.05, 4.69) is 0 Å². The summed E-state index contributed by atoms with van der Waals surface area (Å²) >= 11 is 3.97. The Bertz CT molecular complexity index is 326. The monoisotopic (exact) mass is 404 g/mol. The lowest BCUT2D eigenvalue weighted by atomic mass is 10.2. The number of carbonyl (C=O) groups is 1. The lowest BCUT2D eigenvalue weighted by molar-refractivity contribution is 0.0694. The number of carboxylic acid groups (broad SMARTS) is 1. The fraction of sp³-hybridized carbons (Fsp3) is 0.125. The van der Waals surface area contributed by atoms with Gasteiger partial charge in [0.2, 0.25) is 0 Å². The molecule has 1 aromatic rings. The predicted molar refractivity (Wildman–Crippen MR) is 65.4 cm³/mol. The average molecular weight is 404 g/mol. The van der Waals surface area contributed by atoms with Crippen LogP contribution in [0.25, 0.3) is 0 Å². The standard InChI is InChI=1S/C8H6I2O3/c1-13-4-2-5(9)7(8(11)12)6(10)3-4/h2-3H,1H3,(H,11,12). The Labute approximate surface area is 103 Å². The molecular weight excluding hydrogens is 398 g/mol. The second-order valence-electron chi connectivity index (χ2n) is 2.27. The molecule has 1 N–H and O–H groups in total. The van der Waals surface area contributed by atoms with Crippen LogP contribution >= 0.6 is 45.2 Å². The van der Waals surface area contributed by atoms with Crippen LogP contribution in [0.5, 0.6) is 5.75 Å². The van der Waals surface area contributed by atoms with E-state index >= 15 is 0 Å². The van der Waals surface area contributed by atoms with Crippen molar-refractivity contribution < 1.29 is 14.6 Å². The van der Waals surface area contributed by atoms with Gasteiger partial charge in [0.05, 0.1) is 12.7 Å². The Morgan fingerprint density at radius 3 is 2.15 bits per heavy atom. The smallest absolute Gasteiger partial charge is 0.337 e. The molecule has 3 nitrogen and oxygen atoms in total. The summed E-state index contributed by atoms with van der Waals surface area (Å²) in [6.07, 6.45) is 0. The molecule has 0 saturated carbocycles. The van der Waals surface area contributed by atoms with E-state index in [9.17, 15) is 4.79 Å². The maximum Gasteiger partial charge on any atom is 0.337 e. The molecule has 0 bridgehead atoms. The number of carboxylic acids is 1. The zero-order chi connectivity index (χ0) is 10.0. The summed E-state index contributed by atoms with van der Waals surface area (Å²) in [6.45, 7) is 0. The molecule has 0 heterocycles. The van der Waals surface area contributed by atoms with E-state index in [0.29, 0.717) is 18.5 Å². The molecule has 13 heavy (non-hydrogen) atoms.